The first kappa shape index (κ1) is 23.8. The van der Waals surface area contributed by atoms with Gasteiger partial charge in [0.15, 0.2) is 5.83 Å². The Kier molecular flexibility index (Phi) is 8.91. The Morgan fingerprint density at radius 3 is 2.77 bits per heavy atom. The number of anilines is 1. The normalized spacial score (nSPS) is 12.9. The largest absolute Gasteiger partial charge is 0.496 e. The van der Waals surface area contributed by atoms with Crippen molar-refractivity contribution in [3.8, 4) is 11.9 Å². The van der Waals surface area contributed by atoms with Crippen molar-refractivity contribution in [1.82, 2.24) is 0 Å². The number of halogens is 2. The molecule has 6 nitrogen and oxygen atoms in total. The second-order valence-electron chi connectivity index (χ2n) is 6.18. The summed E-state index contributed by atoms with van der Waals surface area (Å²) in [6, 6.07) is 11.1. The fourth-order valence-electron chi connectivity index (χ4n) is 2.70. The van der Waals surface area contributed by atoms with E-state index in [0.717, 1.165) is 23.6 Å². The summed E-state index contributed by atoms with van der Waals surface area (Å²) in [5.74, 6) is 0.324. The van der Waals surface area contributed by atoms with Gasteiger partial charge in [0.05, 0.1) is 7.11 Å². The summed E-state index contributed by atoms with van der Waals surface area (Å²) in [7, 11) is 0.969. The molecular weight excluding hydrogens is 420 g/mol. The number of benzene rings is 2. The van der Waals surface area contributed by atoms with Gasteiger partial charge in [-0.3, -0.25) is 0 Å². The van der Waals surface area contributed by atoms with E-state index < -0.39 is 11.6 Å². The van der Waals surface area contributed by atoms with E-state index in [1.54, 1.807) is 0 Å². The molecule has 0 aliphatic heterocycles. The van der Waals surface area contributed by atoms with Crippen molar-refractivity contribution in [2.24, 2.45) is 15.1 Å². The van der Waals surface area contributed by atoms with Crippen molar-refractivity contribution in [1.29, 1.82) is 5.26 Å². The van der Waals surface area contributed by atoms with Crippen LogP contribution in [0.1, 0.15) is 18.1 Å². The molecule has 0 spiro atoms. The fraction of sp³-hybridized carbons (Fsp3) is 0.182. The van der Waals surface area contributed by atoms with Crippen molar-refractivity contribution >= 4 is 22.1 Å². The molecule has 0 radical (unpaired) electrons. The molecule has 2 aromatic carbocycles. The number of nitriles is 1. The number of allylic oxidation sites excluding steroid dienone is 1. The smallest absolute Gasteiger partial charge is 0.212 e. The molecule has 0 amide bonds. The summed E-state index contributed by atoms with van der Waals surface area (Å²) in [6.07, 6.45) is 2.62. The maximum absolute atomic E-state index is 14.5. The van der Waals surface area contributed by atoms with Crippen molar-refractivity contribution in [3.63, 3.8) is 0 Å². The molecule has 1 atom stereocenters. The quantitative estimate of drug-likeness (QED) is 0.431. The van der Waals surface area contributed by atoms with Gasteiger partial charge >= 0.3 is 0 Å². The highest BCUT2D eigenvalue weighted by atomic mass is 32.2. The number of nitrogens with two attached hydrogens (primary N) is 1. The molecular formula is C22H23F2N5OS. The highest BCUT2D eigenvalue weighted by molar-refractivity contribution is 7.86. The molecule has 0 bridgehead atoms. The van der Waals surface area contributed by atoms with Gasteiger partial charge in [-0.1, -0.05) is 36.3 Å². The van der Waals surface area contributed by atoms with Gasteiger partial charge in [-0.15, -0.1) is 0 Å². The van der Waals surface area contributed by atoms with Gasteiger partial charge < -0.3 is 15.8 Å². The van der Waals surface area contributed by atoms with Gasteiger partial charge in [0.1, 0.15) is 23.1 Å². The van der Waals surface area contributed by atoms with Crippen LogP contribution in [0.15, 0.2) is 76.2 Å². The molecule has 0 aliphatic rings. The average molecular weight is 444 g/mol. The Balaban J connectivity index is 2.32. The third kappa shape index (κ3) is 6.76. The predicted octanol–water partition coefficient (Wildman–Crippen LogP) is 4.78. The molecule has 31 heavy (non-hydrogen) atoms. The predicted molar refractivity (Wildman–Crippen MR) is 122 cm³/mol. The van der Waals surface area contributed by atoms with Crippen LogP contribution in [0.4, 0.5) is 14.5 Å². The molecule has 2 aromatic rings. The van der Waals surface area contributed by atoms with Gasteiger partial charge in [-0.25, -0.2) is 13.8 Å². The Morgan fingerprint density at radius 2 is 2.13 bits per heavy atom. The number of nitrogens with zero attached hydrogens (tertiary/aromatic N) is 3. The number of hydrogen-bond donors (Lipinski definition) is 2. The maximum Gasteiger partial charge on any atom is 0.212 e. The monoisotopic (exact) mass is 443 g/mol. The lowest BCUT2D eigenvalue weighted by molar-refractivity contribution is 0.410. The van der Waals surface area contributed by atoms with E-state index in [4.69, 9.17) is 15.7 Å². The van der Waals surface area contributed by atoms with Crippen LogP contribution in [0.3, 0.4) is 0 Å². The van der Waals surface area contributed by atoms with Gasteiger partial charge in [-0.05, 0) is 29.8 Å². The van der Waals surface area contributed by atoms with Crippen LogP contribution in [-0.4, -0.2) is 18.6 Å². The van der Waals surface area contributed by atoms with Crippen LogP contribution in [0.25, 0.3) is 0 Å². The maximum atomic E-state index is 14.5. The summed E-state index contributed by atoms with van der Waals surface area (Å²) in [5, 5.41) is 11.8. The number of ether oxygens (including phenoxy) is 1. The van der Waals surface area contributed by atoms with Crippen LogP contribution in [0.2, 0.25) is 0 Å². The van der Waals surface area contributed by atoms with E-state index in [1.165, 1.54) is 19.2 Å². The van der Waals surface area contributed by atoms with Crippen molar-refractivity contribution < 1.29 is 13.5 Å². The molecule has 1 unspecified atom stereocenters. The molecule has 0 aliphatic carbocycles. The van der Waals surface area contributed by atoms with Crippen molar-refractivity contribution in [2.75, 3.05) is 18.2 Å². The van der Waals surface area contributed by atoms with Crippen LogP contribution < -0.4 is 15.8 Å². The number of nitrogens with one attached hydrogen (secondary N) is 1. The summed E-state index contributed by atoms with van der Waals surface area (Å²) < 4.78 is 37.1. The molecule has 162 valence electrons. The van der Waals surface area contributed by atoms with Crippen LogP contribution in [0.5, 0.6) is 5.75 Å². The second kappa shape index (κ2) is 11.6. The lowest BCUT2D eigenvalue weighted by Crippen LogP contribution is -2.09. The molecule has 0 aromatic heterocycles. The zero-order chi connectivity index (χ0) is 22.8. The second-order valence-corrected chi connectivity index (χ2v) is 8.15. The highest BCUT2D eigenvalue weighted by Crippen LogP contribution is 2.25. The number of aliphatic imine (C=N–C) groups is 1. The van der Waals surface area contributed by atoms with Crippen LogP contribution in [0, 0.1) is 17.3 Å². The molecule has 9 heteroatoms. The Morgan fingerprint density at radius 1 is 1.35 bits per heavy atom. The third-order valence-corrected chi connectivity index (χ3v) is 5.76. The molecule has 0 saturated heterocycles. The van der Waals surface area contributed by atoms with Crippen LogP contribution >= 0.6 is 0 Å². The molecule has 0 fully saturated rings. The molecule has 3 N–H and O–H groups in total. The topological polar surface area (TPSA) is 95.8 Å². The van der Waals surface area contributed by atoms with E-state index in [-0.39, 0.29) is 33.5 Å². The molecule has 2 rings (SSSR count). The van der Waals surface area contributed by atoms with E-state index in [1.807, 2.05) is 37.4 Å². The number of methoxy groups -OCH3 is 1. The first-order valence-electron chi connectivity index (χ1n) is 9.24. The Bertz CT molecular complexity index is 1090. The first-order valence-corrected chi connectivity index (χ1v) is 10.8. The SMILES string of the molecule is C=C(N=C(/C(F)=C\N)c1ccc(F)cc1OC)Nc1cccc(CS(CC)=NC#N)c1. The minimum absolute atomic E-state index is 0.110. The number of rotatable bonds is 9. The summed E-state index contributed by atoms with van der Waals surface area (Å²) in [4.78, 5) is 4.21. The van der Waals surface area contributed by atoms with Crippen molar-refractivity contribution in [2.45, 2.75) is 12.7 Å². The van der Waals surface area contributed by atoms with E-state index >= 15 is 0 Å². The van der Waals surface area contributed by atoms with Gasteiger partial charge in [-0.2, -0.15) is 9.62 Å². The minimum atomic E-state index is -0.813. The number of hydrogen-bond acceptors (Lipinski definition) is 6. The van der Waals surface area contributed by atoms with E-state index in [0.29, 0.717) is 11.4 Å². The molecule has 0 saturated carbocycles. The molecule has 0 heterocycles. The lowest BCUT2D eigenvalue weighted by atomic mass is 10.1. The first-order chi connectivity index (χ1) is 14.9. The van der Waals surface area contributed by atoms with E-state index in [9.17, 15) is 8.78 Å². The van der Waals surface area contributed by atoms with Gasteiger partial charge in [0, 0.05) is 35.0 Å². The Hall–Kier alpha value is -3.51. The van der Waals surface area contributed by atoms with E-state index in [2.05, 4.69) is 21.3 Å². The standard InChI is InChI=1S/C22H23F2N5OS/c1-4-31(27-14-26)13-16-6-5-7-18(10-16)28-15(2)29-22(20(24)12-25)19-9-8-17(23)11-21(19)30-3/h5-12,28H,2,4,13,25H2,1,3H3/b20-12+,29-22?. The third-order valence-electron chi connectivity index (χ3n) is 4.09. The Labute approximate surface area is 182 Å². The van der Waals surface area contributed by atoms with Crippen molar-refractivity contribution in [3.05, 3.63) is 83.8 Å². The average Bonchev–Trinajstić information content (AvgIpc) is 2.77. The zero-order valence-electron chi connectivity index (χ0n) is 17.2. The highest BCUT2D eigenvalue weighted by Gasteiger charge is 2.16. The summed E-state index contributed by atoms with van der Waals surface area (Å²) in [6.45, 7) is 5.81. The fourth-order valence-corrected chi connectivity index (χ4v) is 3.78. The lowest BCUT2D eigenvalue weighted by Gasteiger charge is -2.13. The summed E-state index contributed by atoms with van der Waals surface area (Å²) in [5.41, 5.74) is 7.10. The van der Waals surface area contributed by atoms with Gasteiger partial charge in [0.2, 0.25) is 6.19 Å². The summed E-state index contributed by atoms with van der Waals surface area (Å²) >= 11 is 0. The van der Waals surface area contributed by atoms with Crippen LogP contribution in [-0.2, 0) is 16.4 Å². The zero-order valence-corrected chi connectivity index (χ0v) is 18.0. The van der Waals surface area contributed by atoms with Gasteiger partial charge in [0.25, 0.3) is 0 Å². The minimum Gasteiger partial charge on any atom is -0.496 e.